The zero-order valence-corrected chi connectivity index (χ0v) is 8.04. The Morgan fingerprint density at radius 3 is 2.79 bits per heavy atom. The molecule has 0 atom stereocenters. The molecule has 1 aromatic carbocycles. The normalized spacial score (nSPS) is 9.50. The molecule has 0 saturated carbocycles. The van der Waals surface area contributed by atoms with E-state index in [1.54, 1.807) is 6.07 Å². The van der Waals surface area contributed by atoms with Crippen molar-refractivity contribution >= 4 is 23.8 Å². The van der Waals surface area contributed by atoms with Gasteiger partial charge in [0.15, 0.2) is 0 Å². The fourth-order valence-electron chi connectivity index (χ4n) is 0.898. The number of amides is 1. The van der Waals surface area contributed by atoms with E-state index in [1.807, 2.05) is 18.2 Å². The molecule has 0 saturated heterocycles. The average molecular weight is 213 g/mol. The first-order chi connectivity index (χ1) is 6.74. The van der Waals surface area contributed by atoms with Crippen molar-refractivity contribution in [1.29, 1.82) is 0 Å². The van der Waals surface area contributed by atoms with Crippen LogP contribution >= 0.6 is 11.6 Å². The number of carbonyl (C=O) groups is 2. The zero-order valence-electron chi connectivity index (χ0n) is 7.29. The summed E-state index contributed by atoms with van der Waals surface area (Å²) in [6, 6.07) is 7.22. The number of aldehydes is 1. The van der Waals surface area contributed by atoms with Gasteiger partial charge in [0.1, 0.15) is 0 Å². The van der Waals surface area contributed by atoms with Crippen molar-refractivity contribution in [3.8, 4) is 0 Å². The minimum atomic E-state index is -0.711. The molecule has 0 aliphatic heterocycles. The van der Waals surface area contributed by atoms with E-state index < -0.39 is 5.91 Å². The number of hydrogen-bond acceptors (Lipinski definition) is 3. The van der Waals surface area contributed by atoms with Crippen molar-refractivity contribution in [3.05, 3.63) is 34.9 Å². The smallest absolute Gasteiger partial charge is 0.292 e. The largest absolute Gasteiger partial charge is 0.298 e. The monoisotopic (exact) mass is 212 g/mol. The van der Waals surface area contributed by atoms with E-state index in [0.29, 0.717) is 11.6 Å². The fourth-order valence-corrected chi connectivity index (χ4v) is 1.10. The average Bonchev–Trinajstić information content (AvgIpc) is 2.20. The predicted octanol–water partition coefficient (Wildman–Crippen LogP) is 0.660. The molecule has 5 heteroatoms. The fraction of sp³-hybridized carbons (Fsp3) is 0.111. The van der Waals surface area contributed by atoms with Crippen molar-refractivity contribution in [2.24, 2.45) is 0 Å². The molecule has 2 N–H and O–H groups in total. The van der Waals surface area contributed by atoms with Crippen molar-refractivity contribution in [2.45, 2.75) is 6.54 Å². The molecule has 0 aliphatic carbocycles. The third-order valence-corrected chi connectivity index (χ3v) is 1.92. The van der Waals surface area contributed by atoms with Gasteiger partial charge >= 0.3 is 0 Å². The first-order valence-electron chi connectivity index (χ1n) is 3.95. The minimum Gasteiger partial charge on any atom is -0.292 e. The number of carbonyl (C=O) groups excluding carboxylic acids is 2. The molecule has 0 heterocycles. The van der Waals surface area contributed by atoms with Gasteiger partial charge in [-0.15, -0.1) is 0 Å². The number of benzene rings is 1. The highest BCUT2D eigenvalue weighted by molar-refractivity contribution is 6.31. The molecule has 4 nitrogen and oxygen atoms in total. The summed E-state index contributed by atoms with van der Waals surface area (Å²) < 4.78 is 0. The Balaban J connectivity index is 2.42. The molecular weight excluding hydrogens is 204 g/mol. The lowest BCUT2D eigenvalue weighted by atomic mass is 10.2. The van der Waals surface area contributed by atoms with Gasteiger partial charge in [-0.3, -0.25) is 15.0 Å². The summed E-state index contributed by atoms with van der Waals surface area (Å²) >= 11 is 5.85. The van der Waals surface area contributed by atoms with Crippen LogP contribution in [0, 0.1) is 0 Å². The van der Waals surface area contributed by atoms with Crippen LogP contribution in [-0.4, -0.2) is 12.2 Å². The second kappa shape index (κ2) is 5.36. The number of hydrogen-bond donors (Lipinski definition) is 2. The molecule has 0 bridgehead atoms. The van der Waals surface area contributed by atoms with Gasteiger partial charge < -0.3 is 0 Å². The molecule has 0 radical (unpaired) electrons. The Morgan fingerprint density at radius 1 is 1.43 bits per heavy atom. The molecule has 0 spiro atoms. The predicted molar refractivity (Wildman–Crippen MR) is 52.5 cm³/mol. The highest BCUT2D eigenvalue weighted by Crippen LogP contribution is 2.13. The molecule has 0 aromatic heterocycles. The molecule has 14 heavy (non-hydrogen) atoms. The number of nitrogens with one attached hydrogen (secondary N) is 2. The lowest BCUT2D eigenvalue weighted by Crippen LogP contribution is -2.37. The second-order valence-corrected chi connectivity index (χ2v) is 2.96. The maximum Gasteiger partial charge on any atom is 0.298 e. The number of halogens is 1. The van der Waals surface area contributed by atoms with E-state index in [9.17, 15) is 9.59 Å². The maximum atomic E-state index is 10.5. The second-order valence-electron chi connectivity index (χ2n) is 2.55. The van der Waals surface area contributed by atoms with E-state index in [2.05, 4.69) is 10.9 Å². The van der Waals surface area contributed by atoms with E-state index in [0.717, 1.165) is 5.56 Å². The molecule has 74 valence electrons. The number of rotatable bonds is 4. The summed E-state index contributed by atoms with van der Waals surface area (Å²) in [4.78, 5) is 20.4. The minimum absolute atomic E-state index is 0.194. The Bertz CT molecular complexity index is 341. The van der Waals surface area contributed by atoms with Crippen LogP contribution in [0.3, 0.4) is 0 Å². The molecule has 1 rings (SSSR count). The molecular formula is C9H9ClN2O2. The SMILES string of the molecule is O=CC(=O)NNCc1ccccc1Cl. The Labute approximate surface area is 86.2 Å². The third kappa shape index (κ3) is 3.16. The van der Waals surface area contributed by atoms with Gasteiger partial charge in [-0.05, 0) is 11.6 Å². The summed E-state index contributed by atoms with van der Waals surface area (Å²) in [5.74, 6) is -0.711. The molecule has 1 amide bonds. The van der Waals surface area contributed by atoms with E-state index in [4.69, 9.17) is 11.6 Å². The highest BCUT2D eigenvalue weighted by atomic mass is 35.5. The van der Waals surface area contributed by atoms with Gasteiger partial charge in [0.2, 0.25) is 6.29 Å². The third-order valence-electron chi connectivity index (χ3n) is 1.56. The van der Waals surface area contributed by atoms with Gasteiger partial charge in [-0.2, -0.15) is 0 Å². The van der Waals surface area contributed by atoms with E-state index in [-0.39, 0.29) is 6.29 Å². The summed E-state index contributed by atoms with van der Waals surface area (Å²) in [6.45, 7) is 0.374. The van der Waals surface area contributed by atoms with Gasteiger partial charge in [0.25, 0.3) is 5.91 Å². The molecule has 0 fully saturated rings. The van der Waals surface area contributed by atoms with Crippen LogP contribution in [-0.2, 0) is 16.1 Å². The Kier molecular flexibility index (Phi) is 4.10. The van der Waals surface area contributed by atoms with Gasteiger partial charge in [0.05, 0.1) is 0 Å². The summed E-state index contributed by atoms with van der Waals surface area (Å²) in [5.41, 5.74) is 5.62. The van der Waals surface area contributed by atoms with Crippen LogP contribution in [0.4, 0.5) is 0 Å². The van der Waals surface area contributed by atoms with Crippen molar-refractivity contribution in [1.82, 2.24) is 10.9 Å². The van der Waals surface area contributed by atoms with Crippen LogP contribution in [0.2, 0.25) is 5.02 Å². The van der Waals surface area contributed by atoms with Gasteiger partial charge in [-0.25, -0.2) is 5.43 Å². The van der Waals surface area contributed by atoms with Crippen LogP contribution in [0.5, 0.6) is 0 Å². The van der Waals surface area contributed by atoms with Crippen LogP contribution < -0.4 is 10.9 Å². The summed E-state index contributed by atoms with van der Waals surface area (Å²) in [7, 11) is 0. The Hall–Kier alpha value is -1.39. The lowest BCUT2D eigenvalue weighted by molar-refractivity contribution is -0.132. The Morgan fingerprint density at radius 2 is 2.14 bits per heavy atom. The van der Waals surface area contributed by atoms with Gasteiger partial charge in [0, 0.05) is 11.6 Å². The van der Waals surface area contributed by atoms with E-state index in [1.165, 1.54) is 0 Å². The summed E-state index contributed by atoms with van der Waals surface area (Å²) in [6.07, 6.45) is 0.194. The number of hydrazine groups is 1. The van der Waals surface area contributed by atoms with Crippen molar-refractivity contribution < 1.29 is 9.59 Å². The van der Waals surface area contributed by atoms with Crippen LogP contribution in [0.25, 0.3) is 0 Å². The maximum absolute atomic E-state index is 10.5. The molecule has 1 aromatic rings. The first kappa shape index (κ1) is 10.7. The topological polar surface area (TPSA) is 58.2 Å². The zero-order chi connectivity index (χ0) is 10.4. The molecule has 0 unspecified atom stereocenters. The quantitative estimate of drug-likeness (QED) is 0.438. The van der Waals surface area contributed by atoms with Crippen molar-refractivity contribution in [3.63, 3.8) is 0 Å². The standard InChI is InChI=1S/C9H9ClN2O2/c10-8-4-2-1-3-7(8)5-11-12-9(14)6-13/h1-4,6,11H,5H2,(H,12,14). The highest BCUT2D eigenvalue weighted by Gasteiger charge is 1.99. The van der Waals surface area contributed by atoms with Gasteiger partial charge in [-0.1, -0.05) is 29.8 Å². The van der Waals surface area contributed by atoms with E-state index >= 15 is 0 Å². The van der Waals surface area contributed by atoms with Crippen molar-refractivity contribution in [2.75, 3.05) is 0 Å². The lowest BCUT2D eigenvalue weighted by Gasteiger charge is -2.05. The van der Waals surface area contributed by atoms with Crippen LogP contribution in [0.1, 0.15) is 5.56 Å². The van der Waals surface area contributed by atoms with Crippen LogP contribution in [0.15, 0.2) is 24.3 Å². The first-order valence-corrected chi connectivity index (χ1v) is 4.33. The summed E-state index contributed by atoms with van der Waals surface area (Å²) in [5, 5.41) is 0.611. The molecule has 0 aliphatic rings.